The summed E-state index contributed by atoms with van der Waals surface area (Å²) in [5.41, 5.74) is 2.88. The predicted molar refractivity (Wildman–Crippen MR) is 84.9 cm³/mol. The van der Waals surface area contributed by atoms with Crippen LogP contribution in [0.3, 0.4) is 0 Å². The van der Waals surface area contributed by atoms with Gasteiger partial charge in [-0.2, -0.15) is 0 Å². The number of hydrogen-bond acceptors (Lipinski definition) is 3. The number of aromatic nitrogens is 1. The van der Waals surface area contributed by atoms with E-state index in [9.17, 15) is 4.79 Å². The van der Waals surface area contributed by atoms with Gasteiger partial charge in [-0.05, 0) is 37.0 Å². The lowest BCUT2D eigenvalue weighted by molar-refractivity contribution is -0.111. The Kier molecular flexibility index (Phi) is 4.96. The van der Waals surface area contributed by atoms with E-state index in [-0.39, 0.29) is 5.91 Å². The van der Waals surface area contributed by atoms with Gasteiger partial charge in [-0.3, -0.25) is 4.79 Å². The molecule has 1 heterocycles. The zero-order valence-electron chi connectivity index (χ0n) is 11.5. The maximum Gasteiger partial charge on any atom is 0.248 e. The minimum atomic E-state index is -0.162. The van der Waals surface area contributed by atoms with Gasteiger partial charge in [0.1, 0.15) is 0 Å². The maximum absolute atomic E-state index is 11.8. The number of carbonyl (C=O) groups excluding carboxylic acids is 1. The molecule has 0 aliphatic rings. The third kappa shape index (κ3) is 4.24. The van der Waals surface area contributed by atoms with Crippen molar-refractivity contribution in [1.29, 1.82) is 0 Å². The van der Waals surface area contributed by atoms with Gasteiger partial charge in [-0.25, -0.2) is 4.98 Å². The monoisotopic (exact) mass is 284 g/mol. The van der Waals surface area contributed by atoms with Crippen LogP contribution in [0.15, 0.2) is 53.7 Å². The lowest BCUT2D eigenvalue weighted by atomic mass is 10.1. The largest absolute Gasteiger partial charge is 0.321 e. The van der Waals surface area contributed by atoms with Crippen molar-refractivity contribution in [2.75, 3.05) is 11.6 Å². The van der Waals surface area contributed by atoms with Crippen molar-refractivity contribution in [1.82, 2.24) is 4.98 Å². The van der Waals surface area contributed by atoms with Crippen LogP contribution in [0.2, 0.25) is 0 Å². The second kappa shape index (κ2) is 6.91. The van der Waals surface area contributed by atoms with Gasteiger partial charge in [0, 0.05) is 6.08 Å². The quantitative estimate of drug-likeness (QED) is 0.686. The number of rotatable bonds is 4. The molecule has 0 bridgehead atoms. The summed E-state index contributed by atoms with van der Waals surface area (Å²) in [6.45, 7) is 2.02. The first-order valence-corrected chi connectivity index (χ1v) is 7.45. The van der Waals surface area contributed by atoms with Crippen LogP contribution in [0, 0.1) is 6.92 Å². The first-order valence-electron chi connectivity index (χ1n) is 6.23. The van der Waals surface area contributed by atoms with E-state index in [0.29, 0.717) is 5.69 Å². The summed E-state index contributed by atoms with van der Waals surface area (Å²) >= 11 is 1.57. The lowest BCUT2D eigenvalue weighted by Crippen LogP contribution is -2.07. The van der Waals surface area contributed by atoms with Crippen LogP contribution in [-0.2, 0) is 4.79 Å². The van der Waals surface area contributed by atoms with E-state index in [1.165, 1.54) is 11.6 Å². The van der Waals surface area contributed by atoms with Crippen LogP contribution in [0.1, 0.15) is 11.1 Å². The molecular formula is C16H16N2OS. The Morgan fingerprint density at radius 2 is 2.15 bits per heavy atom. The van der Waals surface area contributed by atoms with E-state index in [4.69, 9.17) is 0 Å². The highest BCUT2D eigenvalue weighted by atomic mass is 32.2. The van der Waals surface area contributed by atoms with Crippen molar-refractivity contribution >= 4 is 29.4 Å². The molecule has 4 heteroatoms. The third-order valence-electron chi connectivity index (χ3n) is 2.68. The molecule has 2 rings (SSSR count). The highest BCUT2D eigenvalue weighted by molar-refractivity contribution is 7.98. The van der Waals surface area contributed by atoms with Gasteiger partial charge in [-0.1, -0.05) is 29.8 Å². The standard InChI is InChI=1S/C16H16N2OS/c1-12-4-3-5-13(10-12)6-8-15(19)18-14-7-9-16(20-2)17-11-14/h3-11H,1-2H3,(H,18,19)/b8-6+. The minimum Gasteiger partial charge on any atom is -0.321 e. The van der Waals surface area contributed by atoms with Gasteiger partial charge >= 0.3 is 0 Å². The van der Waals surface area contributed by atoms with Crippen molar-refractivity contribution < 1.29 is 4.79 Å². The van der Waals surface area contributed by atoms with E-state index >= 15 is 0 Å². The van der Waals surface area contributed by atoms with Crippen molar-refractivity contribution in [3.8, 4) is 0 Å². The van der Waals surface area contributed by atoms with Crippen LogP contribution in [0.5, 0.6) is 0 Å². The van der Waals surface area contributed by atoms with Crippen LogP contribution in [0.25, 0.3) is 6.08 Å². The molecule has 0 aliphatic carbocycles. The Morgan fingerprint density at radius 3 is 2.80 bits per heavy atom. The van der Waals surface area contributed by atoms with Crippen LogP contribution < -0.4 is 5.32 Å². The summed E-state index contributed by atoms with van der Waals surface area (Å²) < 4.78 is 0. The molecule has 1 amide bonds. The predicted octanol–water partition coefficient (Wildman–Crippen LogP) is 3.76. The Hall–Kier alpha value is -2.07. The summed E-state index contributed by atoms with van der Waals surface area (Å²) in [6.07, 6.45) is 6.94. The SMILES string of the molecule is CSc1ccc(NC(=O)/C=C/c2cccc(C)c2)cn1. The topological polar surface area (TPSA) is 42.0 Å². The summed E-state index contributed by atoms with van der Waals surface area (Å²) in [6, 6.07) is 11.7. The summed E-state index contributed by atoms with van der Waals surface area (Å²) in [7, 11) is 0. The van der Waals surface area contributed by atoms with E-state index < -0.39 is 0 Å². The zero-order valence-corrected chi connectivity index (χ0v) is 12.3. The summed E-state index contributed by atoms with van der Waals surface area (Å²) in [5.74, 6) is -0.162. The highest BCUT2D eigenvalue weighted by Crippen LogP contribution is 2.14. The van der Waals surface area contributed by atoms with E-state index in [2.05, 4.69) is 10.3 Å². The number of hydrogen-bond donors (Lipinski definition) is 1. The number of nitrogens with one attached hydrogen (secondary N) is 1. The first-order chi connectivity index (χ1) is 9.67. The Bertz CT molecular complexity index is 621. The smallest absolute Gasteiger partial charge is 0.248 e. The van der Waals surface area contributed by atoms with Crippen molar-refractivity contribution in [2.45, 2.75) is 11.9 Å². The van der Waals surface area contributed by atoms with Gasteiger partial charge in [0.25, 0.3) is 0 Å². The van der Waals surface area contributed by atoms with E-state index in [0.717, 1.165) is 10.6 Å². The van der Waals surface area contributed by atoms with Crippen molar-refractivity contribution in [2.24, 2.45) is 0 Å². The molecule has 0 unspecified atom stereocenters. The molecule has 0 saturated heterocycles. The third-order valence-corrected chi connectivity index (χ3v) is 3.34. The Labute approximate surface area is 123 Å². The molecule has 0 aliphatic heterocycles. The molecule has 0 fully saturated rings. The van der Waals surface area contributed by atoms with E-state index in [1.807, 2.05) is 49.6 Å². The van der Waals surface area contributed by atoms with Crippen LogP contribution >= 0.6 is 11.8 Å². The molecule has 102 valence electrons. The molecular weight excluding hydrogens is 268 g/mol. The first kappa shape index (κ1) is 14.3. The number of aryl methyl sites for hydroxylation is 1. The molecule has 0 saturated carbocycles. The number of thioether (sulfide) groups is 1. The number of nitrogens with zero attached hydrogens (tertiary/aromatic N) is 1. The summed E-state index contributed by atoms with van der Waals surface area (Å²) in [4.78, 5) is 16.0. The van der Waals surface area contributed by atoms with Gasteiger partial charge < -0.3 is 5.32 Å². The molecule has 3 nitrogen and oxygen atoms in total. The molecule has 1 N–H and O–H groups in total. The van der Waals surface area contributed by atoms with Gasteiger partial charge in [0.15, 0.2) is 0 Å². The molecule has 20 heavy (non-hydrogen) atoms. The van der Waals surface area contributed by atoms with Gasteiger partial charge in [0.2, 0.25) is 5.91 Å². The average Bonchev–Trinajstić information content (AvgIpc) is 2.46. The fraction of sp³-hybridized carbons (Fsp3) is 0.125. The van der Waals surface area contributed by atoms with Gasteiger partial charge in [0.05, 0.1) is 16.9 Å². The molecule has 2 aromatic rings. The minimum absolute atomic E-state index is 0.162. The maximum atomic E-state index is 11.8. The molecule has 0 radical (unpaired) electrons. The lowest BCUT2D eigenvalue weighted by Gasteiger charge is -2.02. The van der Waals surface area contributed by atoms with Crippen molar-refractivity contribution in [3.63, 3.8) is 0 Å². The molecule has 0 atom stereocenters. The van der Waals surface area contributed by atoms with Crippen LogP contribution in [-0.4, -0.2) is 17.1 Å². The Balaban J connectivity index is 1.98. The average molecular weight is 284 g/mol. The summed E-state index contributed by atoms with van der Waals surface area (Å²) in [5, 5.41) is 3.71. The number of amides is 1. The molecule has 0 spiro atoms. The number of anilines is 1. The fourth-order valence-corrected chi connectivity index (χ4v) is 2.07. The van der Waals surface area contributed by atoms with Gasteiger partial charge in [-0.15, -0.1) is 11.8 Å². The number of pyridine rings is 1. The second-order valence-corrected chi connectivity index (χ2v) is 5.15. The highest BCUT2D eigenvalue weighted by Gasteiger charge is 1.99. The Morgan fingerprint density at radius 1 is 1.30 bits per heavy atom. The normalized spacial score (nSPS) is 10.7. The fourth-order valence-electron chi connectivity index (χ4n) is 1.70. The number of benzene rings is 1. The zero-order chi connectivity index (χ0) is 14.4. The number of carbonyl (C=O) groups is 1. The van der Waals surface area contributed by atoms with E-state index in [1.54, 1.807) is 24.0 Å². The van der Waals surface area contributed by atoms with Crippen LogP contribution in [0.4, 0.5) is 5.69 Å². The molecule has 1 aromatic heterocycles. The molecule has 1 aromatic carbocycles. The van der Waals surface area contributed by atoms with Crippen molar-refractivity contribution in [3.05, 3.63) is 59.8 Å². The second-order valence-electron chi connectivity index (χ2n) is 4.33.